The summed E-state index contributed by atoms with van der Waals surface area (Å²) in [6, 6.07) is 0.633. The summed E-state index contributed by atoms with van der Waals surface area (Å²) in [7, 11) is 0. The van der Waals surface area contributed by atoms with Gasteiger partial charge in [-0.1, -0.05) is 13.8 Å². The zero-order valence-electron chi connectivity index (χ0n) is 13.3. The normalized spacial score (nSPS) is 27.8. The van der Waals surface area contributed by atoms with Crippen molar-refractivity contribution in [1.29, 1.82) is 0 Å². The van der Waals surface area contributed by atoms with Gasteiger partial charge in [-0.2, -0.15) is 0 Å². The van der Waals surface area contributed by atoms with Crippen LogP contribution in [0.2, 0.25) is 0 Å². The molecule has 1 saturated carbocycles. The van der Waals surface area contributed by atoms with E-state index in [1.54, 1.807) is 6.92 Å². The van der Waals surface area contributed by atoms with Gasteiger partial charge in [0.15, 0.2) is 0 Å². The van der Waals surface area contributed by atoms with Crippen molar-refractivity contribution >= 4 is 5.91 Å². The number of piperidine rings is 1. The summed E-state index contributed by atoms with van der Waals surface area (Å²) in [5.41, 5.74) is 0. The van der Waals surface area contributed by atoms with Crippen LogP contribution < -0.4 is 10.6 Å². The fourth-order valence-electron chi connectivity index (χ4n) is 3.09. The van der Waals surface area contributed by atoms with Crippen molar-refractivity contribution in [3.8, 4) is 0 Å². The molecule has 0 bridgehead atoms. The molecule has 4 nitrogen and oxygen atoms in total. The van der Waals surface area contributed by atoms with Crippen LogP contribution in [-0.2, 0) is 4.79 Å². The molecule has 0 aromatic heterocycles. The van der Waals surface area contributed by atoms with E-state index in [2.05, 4.69) is 29.4 Å². The third-order valence-electron chi connectivity index (χ3n) is 4.70. The Morgan fingerprint density at radius 3 is 2.65 bits per heavy atom. The summed E-state index contributed by atoms with van der Waals surface area (Å²) in [4.78, 5) is 13.5. The van der Waals surface area contributed by atoms with Crippen LogP contribution in [-0.4, -0.2) is 49.6 Å². The van der Waals surface area contributed by atoms with Crippen LogP contribution in [0.3, 0.4) is 0 Å². The van der Waals surface area contributed by atoms with Gasteiger partial charge in [0.25, 0.3) is 0 Å². The van der Waals surface area contributed by atoms with Gasteiger partial charge in [-0.15, -0.1) is 0 Å². The SMILES string of the molecule is CC(=O)NCCN1CC(NCC2CC2)CC(C(C)C)C1. The lowest BCUT2D eigenvalue weighted by Crippen LogP contribution is -2.52. The highest BCUT2D eigenvalue weighted by atomic mass is 16.1. The van der Waals surface area contributed by atoms with Gasteiger partial charge in [-0.05, 0) is 43.6 Å². The smallest absolute Gasteiger partial charge is 0.216 e. The van der Waals surface area contributed by atoms with Crippen molar-refractivity contribution in [3.63, 3.8) is 0 Å². The zero-order valence-corrected chi connectivity index (χ0v) is 13.3. The first-order chi connectivity index (χ1) is 9.54. The van der Waals surface area contributed by atoms with Crippen molar-refractivity contribution in [3.05, 3.63) is 0 Å². The standard InChI is InChI=1S/C16H31N3O/c1-12(2)15-8-16(18-9-14-4-5-14)11-19(10-15)7-6-17-13(3)20/h12,14-16,18H,4-11H2,1-3H3,(H,17,20). The third kappa shape index (κ3) is 5.41. The molecule has 20 heavy (non-hydrogen) atoms. The Balaban J connectivity index is 1.77. The number of nitrogens with zero attached hydrogens (tertiary/aromatic N) is 1. The molecule has 1 aliphatic heterocycles. The molecule has 0 aromatic carbocycles. The fourth-order valence-corrected chi connectivity index (χ4v) is 3.09. The van der Waals surface area contributed by atoms with E-state index < -0.39 is 0 Å². The lowest BCUT2D eigenvalue weighted by atomic mass is 9.85. The van der Waals surface area contributed by atoms with Gasteiger partial charge in [0, 0.05) is 39.1 Å². The molecule has 1 heterocycles. The van der Waals surface area contributed by atoms with Crippen LogP contribution in [0.1, 0.15) is 40.0 Å². The van der Waals surface area contributed by atoms with Crippen LogP contribution in [0.4, 0.5) is 0 Å². The van der Waals surface area contributed by atoms with E-state index in [1.807, 2.05) is 0 Å². The van der Waals surface area contributed by atoms with Crippen LogP contribution >= 0.6 is 0 Å². The Hall–Kier alpha value is -0.610. The van der Waals surface area contributed by atoms with Gasteiger partial charge < -0.3 is 10.6 Å². The molecule has 2 fully saturated rings. The lowest BCUT2D eigenvalue weighted by molar-refractivity contribution is -0.119. The average Bonchev–Trinajstić information content (AvgIpc) is 3.19. The van der Waals surface area contributed by atoms with Crippen LogP contribution in [0.15, 0.2) is 0 Å². The Bertz CT molecular complexity index is 315. The van der Waals surface area contributed by atoms with Gasteiger partial charge in [0.2, 0.25) is 5.91 Å². The largest absolute Gasteiger partial charge is 0.355 e. The maximum Gasteiger partial charge on any atom is 0.216 e. The molecule has 2 rings (SSSR count). The monoisotopic (exact) mass is 281 g/mol. The Labute approximate surface area is 123 Å². The number of likely N-dealkylation sites (tertiary alicyclic amines) is 1. The minimum absolute atomic E-state index is 0.0748. The average molecular weight is 281 g/mol. The van der Waals surface area contributed by atoms with E-state index >= 15 is 0 Å². The van der Waals surface area contributed by atoms with Gasteiger partial charge in [-0.3, -0.25) is 9.69 Å². The van der Waals surface area contributed by atoms with Crippen molar-refractivity contribution in [2.75, 3.05) is 32.7 Å². The number of hydrogen-bond acceptors (Lipinski definition) is 3. The van der Waals surface area contributed by atoms with E-state index in [9.17, 15) is 4.79 Å². The second-order valence-corrected chi connectivity index (χ2v) is 7.03. The van der Waals surface area contributed by atoms with Crippen LogP contribution in [0.25, 0.3) is 0 Å². The molecule has 0 aromatic rings. The third-order valence-corrected chi connectivity index (χ3v) is 4.70. The molecule has 1 aliphatic carbocycles. The predicted molar refractivity (Wildman–Crippen MR) is 82.6 cm³/mol. The Morgan fingerprint density at radius 2 is 2.05 bits per heavy atom. The van der Waals surface area contributed by atoms with Gasteiger partial charge in [0.05, 0.1) is 0 Å². The Kier molecular flexibility index (Phi) is 5.85. The van der Waals surface area contributed by atoms with Gasteiger partial charge >= 0.3 is 0 Å². The summed E-state index contributed by atoms with van der Waals surface area (Å²) in [5.74, 6) is 2.54. The highest BCUT2D eigenvalue weighted by molar-refractivity contribution is 5.72. The first kappa shape index (κ1) is 15.8. The minimum Gasteiger partial charge on any atom is -0.355 e. The molecule has 2 atom stereocenters. The molecule has 2 aliphatic rings. The number of carbonyl (C=O) groups excluding carboxylic acids is 1. The summed E-state index contributed by atoms with van der Waals surface area (Å²) < 4.78 is 0. The predicted octanol–water partition coefficient (Wildman–Crippen LogP) is 1.47. The number of rotatable bonds is 7. The molecule has 1 saturated heterocycles. The molecule has 0 radical (unpaired) electrons. The highest BCUT2D eigenvalue weighted by Gasteiger charge is 2.30. The van der Waals surface area contributed by atoms with Crippen molar-refractivity contribution < 1.29 is 4.79 Å². The quantitative estimate of drug-likeness (QED) is 0.743. The van der Waals surface area contributed by atoms with Crippen LogP contribution in [0, 0.1) is 17.8 Å². The van der Waals surface area contributed by atoms with Crippen LogP contribution in [0.5, 0.6) is 0 Å². The van der Waals surface area contributed by atoms with Gasteiger partial charge in [-0.25, -0.2) is 0 Å². The molecular weight excluding hydrogens is 250 g/mol. The minimum atomic E-state index is 0.0748. The van der Waals surface area contributed by atoms with Crippen molar-refractivity contribution in [1.82, 2.24) is 15.5 Å². The maximum atomic E-state index is 11.0. The molecule has 4 heteroatoms. The van der Waals surface area contributed by atoms with Gasteiger partial charge in [0.1, 0.15) is 0 Å². The van der Waals surface area contributed by atoms with E-state index in [1.165, 1.54) is 32.4 Å². The summed E-state index contributed by atoms with van der Waals surface area (Å²) >= 11 is 0. The first-order valence-corrected chi connectivity index (χ1v) is 8.24. The zero-order chi connectivity index (χ0) is 14.5. The first-order valence-electron chi connectivity index (χ1n) is 8.24. The second kappa shape index (κ2) is 7.41. The summed E-state index contributed by atoms with van der Waals surface area (Å²) in [6.07, 6.45) is 4.14. The molecule has 116 valence electrons. The summed E-state index contributed by atoms with van der Waals surface area (Å²) in [5, 5.41) is 6.68. The highest BCUT2D eigenvalue weighted by Crippen LogP contribution is 2.29. The molecule has 2 N–H and O–H groups in total. The second-order valence-electron chi connectivity index (χ2n) is 7.03. The van der Waals surface area contributed by atoms with E-state index in [0.29, 0.717) is 6.04 Å². The topological polar surface area (TPSA) is 44.4 Å². The van der Waals surface area contributed by atoms with Crippen molar-refractivity contribution in [2.24, 2.45) is 17.8 Å². The summed E-state index contributed by atoms with van der Waals surface area (Å²) in [6.45, 7) is 11.5. The molecule has 1 amide bonds. The number of carbonyl (C=O) groups is 1. The van der Waals surface area contributed by atoms with E-state index in [-0.39, 0.29) is 5.91 Å². The molecular formula is C16H31N3O. The van der Waals surface area contributed by atoms with Crippen molar-refractivity contribution in [2.45, 2.75) is 46.1 Å². The van der Waals surface area contributed by atoms with E-state index in [0.717, 1.165) is 37.4 Å². The number of nitrogens with one attached hydrogen (secondary N) is 2. The fraction of sp³-hybridized carbons (Fsp3) is 0.938. The lowest BCUT2D eigenvalue weighted by Gasteiger charge is -2.40. The number of amides is 1. The molecule has 2 unspecified atom stereocenters. The number of hydrogen-bond donors (Lipinski definition) is 2. The molecule has 0 spiro atoms. The Morgan fingerprint density at radius 1 is 1.30 bits per heavy atom. The maximum absolute atomic E-state index is 11.0. The van der Waals surface area contributed by atoms with E-state index in [4.69, 9.17) is 0 Å².